The topological polar surface area (TPSA) is 20.3 Å². The van der Waals surface area contributed by atoms with E-state index in [9.17, 15) is 4.79 Å². The molecular weight excluding hydrogens is 278 g/mol. The predicted molar refractivity (Wildman–Crippen MR) is 79.8 cm³/mol. The molecule has 2 aromatic rings. The monoisotopic (exact) mass is 289 g/mol. The summed E-state index contributed by atoms with van der Waals surface area (Å²) in [5.41, 5.74) is 2.03. The quantitative estimate of drug-likeness (QED) is 0.833. The van der Waals surface area contributed by atoms with E-state index in [1.165, 1.54) is 0 Å². The Balaban J connectivity index is 1.94. The molecule has 0 spiro atoms. The van der Waals surface area contributed by atoms with Crippen LogP contribution in [0.15, 0.2) is 53.4 Å². The van der Waals surface area contributed by atoms with Crippen molar-refractivity contribution in [3.63, 3.8) is 0 Å². The van der Waals surface area contributed by atoms with Gasteiger partial charge >= 0.3 is 0 Å². The molecule has 0 unspecified atom stereocenters. The Morgan fingerprint density at radius 1 is 1.16 bits per heavy atom. The molecule has 3 rings (SSSR count). The van der Waals surface area contributed by atoms with E-state index >= 15 is 0 Å². The van der Waals surface area contributed by atoms with Gasteiger partial charge in [-0.1, -0.05) is 35.9 Å². The summed E-state index contributed by atoms with van der Waals surface area (Å²) >= 11 is 7.59. The lowest BCUT2D eigenvalue weighted by atomic mass is 10.2. The van der Waals surface area contributed by atoms with Gasteiger partial charge in [-0.3, -0.25) is 4.79 Å². The maximum Gasteiger partial charge on any atom is 0.237 e. The van der Waals surface area contributed by atoms with Gasteiger partial charge in [-0.15, -0.1) is 11.8 Å². The molecule has 1 amide bonds. The summed E-state index contributed by atoms with van der Waals surface area (Å²) in [6.45, 7) is 0.566. The number of para-hydroxylation sites is 1. The van der Waals surface area contributed by atoms with Crippen LogP contribution in [0.2, 0.25) is 5.02 Å². The van der Waals surface area contributed by atoms with Crippen molar-refractivity contribution in [2.45, 2.75) is 11.4 Å². The number of hydrogen-bond donors (Lipinski definition) is 0. The molecule has 19 heavy (non-hydrogen) atoms. The van der Waals surface area contributed by atoms with Crippen LogP contribution in [-0.4, -0.2) is 11.7 Å². The molecule has 0 radical (unpaired) electrons. The molecule has 0 aromatic heterocycles. The van der Waals surface area contributed by atoms with E-state index in [1.54, 1.807) is 11.8 Å². The third-order valence-electron chi connectivity index (χ3n) is 3.04. The molecule has 1 aliphatic rings. The number of fused-ring (bicyclic) bond motifs is 1. The number of halogens is 1. The van der Waals surface area contributed by atoms with Crippen LogP contribution < -0.4 is 4.90 Å². The molecule has 0 aliphatic carbocycles. The number of benzene rings is 2. The number of hydrogen-bond acceptors (Lipinski definition) is 2. The molecule has 2 aromatic carbocycles. The Bertz CT molecular complexity index is 629. The van der Waals surface area contributed by atoms with E-state index < -0.39 is 0 Å². The highest BCUT2D eigenvalue weighted by Crippen LogP contribution is 2.35. The number of carbonyl (C=O) groups is 1. The summed E-state index contributed by atoms with van der Waals surface area (Å²) in [5.74, 6) is 0.640. The van der Waals surface area contributed by atoms with Crippen molar-refractivity contribution in [1.82, 2.24) is 0 Å². The zero-order chi connectivity index (χ0) is 13.2. The van der Waals surface area contributed by atoms with Gasteiger partial charge in [-0.05, 0) is 29.8 Å². The summed E-state index contributed by atoms with van der Waals surface area (Å²) < 4.78 is 0. The van der Waals surface area contributed by atoms with Gasteiger partial charge in [0.05, 0.1) is 18.0 Å². The molecule has 1 aliphatic heterocycles. The smallest absolute Gasteiger partial charge is 0.237 e. The van der Waals surface area contributed by atoms with Gasteiger partial charge < -0.3 is 4.90 Å². The largest absolute Gasteiger partial charge is 0.306 e. The van der Waals surface area contributed by atoms with Crippen LogP contribution >= 0.6 is 23.4 Å². The van der Waals surface area contributed by atoms with E-state index in [-0.39, 0.29) is 5.91 Å². The highest BCUT2D eigenvalue weighted by molar-refractivity contribution is 8.00. The fourth-order valence-electron chi connectivity index (χ4n) is 2.15. The third-order valence-corrected chi connectivity index (χ3v) is 4.32. The first-order valence-corrected chi connectivity index (χ1v) is 7.37. The Hall–Kier alpha value is -1.45. The fraction of sp³-hybridized carbons (Fsp3) is 0.133. The maximum atomic E-state index is 12.1. The molecule has 96 valence electrons. The molecule has 4 heteroatoms. The van der Waals surface area contributed by atoms with E-state index in [0.717, 1.165) is 16.1 Å². The molecular formula is C15H12ClNOS. The van der Waals surface area contributed by atoms with Crippen molar-refractivity contribution >= 4 is 35.0 Å². The number of amides is 1. The molecule has 0 N–H and O–H groups in total. The van der Waals surface area contributed by atoms with Crippen LogP contribution in [-0.2, 0) is 11.3 Å². The highest BCUT2D eigenvalue weighted by Gasteiger charge is 2.24. The van der Waals surface area contributed by atoms with Gasteiger partial charge in [0.1, 0.15) is 0 Å². The second-order valence-corrected chi connectivity index (χ2v) is 5.82. The number of rotatable bonds is 2. The van der Waals surface area contributed by atoms with E-state index in [1.807, 2.05) is 47.4 Å². The van der Waals surface area contributed by atoms with Gasteiger partial charge in [0.25, 0.3) is 0 Å². The maximum absolute atomic E-state index is 12.1. The average Bonchev–Trinajstić information content (AvgIpc) is 2.42. The molecule has 0 fully saturated rings. The lowest BCUT2D eigenvalue weighted by molar-refractivity contribution is -0.116. The van der Waals surface area contributed by atoms with Crippen molar-refractivity contribution in [3.05, 3.63) is 59.1 Å². The van der Waals surface area contributed by atoms with Crippen molar-refractivity contribution in [2.24, 2.45) is 0 Å². The first-order valence-electron chi connectivity index (χ1n) is 6.01. The van der Waals surface area contributed by atoms with Gasteiger partial charge in [-0.25, -0.2) is 0 Å². The minimum absolute atomic E-state index is 0.142. The van der Waals surface area contributed by atoms with Crippen LogP contribution in [0.25, 0.3) is 0 Å². The molecule has 1 heterocycles. The van der Waals surface area contributed by atoms with Gasteiger partial charge in [0.15, 0.2) is 0 Å². The molecule has 0 atom stereocenters. The molecule has 0 saturated carbocycles. The Labute approximate surface area is 121 Å². The van der Waals surface area contributed by atoms with Crippen molar-refractivity contribution in [3.8, 4) is 0 Å². The minimum atomic E-state index is 0.142. The van der Waals surface area contributed by atoms with Gasteiger partial charge in [0.2, 0.25) is 5.91 Å². The normalized spacial score (nSPS) is 14.4. The lowest BCUT2D eigenvalue weighted by Crippen LogP contribution is -2.34. The Morgan fingerprint density at radius 2 is 2.00 bits per heavy atom. The van der Waals surface area contributed by atoms with E-state index in [0.29, 0.717) is 17.3 Å². The van der Waals surface area contributed by atoms with Crippen LogP contribution in [0, 0.1) is 0 Å². The van der Waals surface area contributed by atoms with E-state index in [2.05, 4.69) is 6.07 Å². The minimum Gasteiger partial charge on any atom is -0.306 e. The number of anilines is 1. The third kappa shape index (κ3) is 2.62. The van der Waals surface area contributed by atoms with Crippen LogP contribution in [0.4, 0.5) is 5.69 Å². The van der Waals surface area contributed by atoms with Gasteiger partial charge in [-0.2, -0.15) is 0 Å². The average molecular weight is 290 g/mol. The SMILES string of the molecule is O=C1CSc2ccccc2N1Cc1cccc(Cl)c1. The van der Waals surface area contributed by atoms with E-state index in [4.69, 9.17) is 11.6 Å². The van der Waals surface area contributed by atoms with Crippen LogP contribution in [0.3, 0.4) is 0 Å². The van der Waals surface area contributed by atoms with Gasteiger partial charge in [0, 0.05) is 9.92 Å². The number of carbonyl (C=O) groups excluding carboxylic acids is 1. The van der Waals surface area contributed by atoms with Crippen molar-refractivity contribution in [1.29, 1.82) is 0 Å². The second-order valence-electron chi connectivity index (χ2n) is 4.37. The van der Waals surface area contributed by atoms with Crippen molar-refractivity contribution < 1.29 is 4.79 Å². The van der Waals surface area contributed by atoms with Crippen LogP contribution in [0.1, 0.15) is 5.56 Å². The Kier molecular flexibility index (Phi) is 3.49. The first kappa shape index (κ1) is 12.6. The molecule has 0 bridgehead atoms. The Morgan fingerprint density at radius 3 is 2.84 bits per heavy atom. The number of thioether (sulfide) groups is 1. The second kappa shape index (κ2) is 5.27. The zero-order valence-corrected chi connectivity index (χ0v) is 11.7. The highest BCUT2D eigenvalue weighted by atomic mass is 35.5. The fourth-order valence-corrected chi connectivity index (χ4v) is 3.29. The number of nitrogens with zero attached hydrogens (tertiary/aromatic N) is 1. The summed E-state index contributed by atoms with van der Waals surface area (Å²) in [4.78, 5) is 15.1. The molecule has 2 nitrogen and oxygen atoms in total. The standard InChI is InChI=1S/C15H12ClNOS/c16-12-5-3-4-11(8-12)9-17-13-6-1-2-7-14(13)19-10-15(17)18/h1-8H,9-10H2. The lowest BCUT2D eigenvalue weighted by Gasteiger charge is -2.29. The van der Waals surface area contributed by atoms with Crippen molar-refractivity contribution in [2.75, 3.05) is 10.7 Å². The first-order chi connectivity index (χ1) is 9.24. The zero-order valence-electron chi connectivity index (χ0n) is 10.2. The summed E-state index contributed by atoms with van der Waals surface area (Å²) in [5, 5.41) is 0.699. The predicted octanol–water partition coefficient (Wildman–Crippen LogP) is 3.98. The molecule has 0 saturated heterocycles. The van der Waals surface area contributed by atoms with Crippen LogP contribution in [0.5, 0.6) is 0 Å². The summed E-state index contributed by atoms with van der Waals surface area (Å²) in [6.07, 6.45) is 0. The summed E-state index contributed by atoms with van der Waals surface area (Å²) in [6, 6.07) is 15.6. The summed E-state index contributed by atoms with van der Waals surface area (Å²) in [7, 11) is 0.